The van der Waals surface area contributed by atoms with Gasteiger partial charge in [0, 0.05) is 24.3 Å². The number of aliphatic hydroxyl groups excluding tert-OH is 1. The lowest BCUT2D eigenvalue weighted by atomic mass is 9.80. The number of aromatic amines is 1. The number of aromatic hydroxyl groups is 1. The lowest BCUT2D eigenvalue weighted by molar-refractivity contribution is -0.0774. The van der Waals surface area contributed by atoms with Crippen LogP contribution in [0.1, 0.15) is 75.4 Å². The summed E-state index contributed by atoms with van der Waals surface area (Å²) in [7, 11) is 0.0702. The second-order valence-electron chi connectivity index (χ2n) is 14.1. The maximum absolute atomic E-state index is 12.3. The molecule has 14 heteroatoms. The van der Waals surface area contributed by atoms with E-state index in [-0.39, 0.29) is 37.2 Å². The van der Waals surface area contributed by atoms with Crippen molar-refractivity contribution < 1.29 is 33.8 Å². The molecule has 1 aromatic heterocycles. The molecule has 0 spiro atoms. The van der Waals surface area contributed by atoms with Gasteiger partial charge in [0.2, 0.25) is 0 Å². The molecular formula is C45H55N4O9P. The quantitative estimate of drug-likeness (QED) is 0.0471. The smallest absolute Gasteiger partial charge is 0.330 e. The fraction of sp³-hybridized carbons (Fsp3) is 0.356. The topological polar surface area (TPSA) is 179 Å². The van der Waals surface area contributed by atoms with Gasteiger partial charge in [0.25, 0.3) is 14.1 Å². The molecule has 0 bridgehead atoms. The van der Waals surface area contributed by atoms with Crippen molar-refractivity contribution in [2.75, 3.05) is 20.3 Å². The molecule has 1 saturated heterocycles. The van der Waals surface area contributed by atoms with Crippen molar-refractivity contribution >= 4 is 8.53 Å². The molecule has 0 saturated carbocycles. The highest BCUT2D eigenvalue weighted by Gasteiger charge is 2.40. The second-order valence-corrected chi connectivity index (χ2v) is 15.4. The van der Waals surface area contributed by atoms with E-state index in [1.165, 1.54) is 16.8 Å². The van der Waals surface area contributed by atoms with Crippen molar-refractivity contribution in [3.63, 3.8) is 0 Å². The number of phenolic OH excluding ortho intramolecular Hbond substituents is 1. The molecule has 4 N–H and O–H groups in total. The first-order valence-electron chi connectivity index (χ1n) is 19.5. The van der Waals surface area contributed by atoms with Crippen LogP contribution in [0.15, 0.2) is 131 Å². The predicted molar refractivity (Wildman–Crippen MR) is 228 cm³/mol. The molecule has 0 amide bonds. The van der Waals surface area contributed by atoms with Crippen LogP contribution in [0.5, 0.6) is 11.5 Å². The summed E-state index contributed by atoms with van der Waals surface area (Å²) in [6.07, 6.45) is 2.31. The van der Waals surface area contributed by atoms with Crippen LogP contribution < -0.4 is 16.0 Å². The summed E-state index contributed by atoms with van der Waals surface area (Å²) in [5.41, 5.74) is 1.66. The van der Waals surface area contributed by atoms with Crippen molar-refractivity contribution in [3.05, 3.63) is 165 Å². The number of benzene rings is 4. The van der Waals surface area contributed by atoms with E-state index in [2.05, 4.69) is 4.98 Å². The molecule has 13 nitrogen and oxygen atoms in total. The fourth-order valence-corrected chi connectivity index (χ4v) is 7.82. The Hall–Kier alpha value is -5.16. The number of hydrogen-bond donors (Lipinski definition) is 4. The summed E-state index contributed by atoms with van der Waals surface area (Å²) >= 11 is 0. The number of rotatable bonds is 15. The van der Waals surface area contributed by atoms with Gasteiger partial charge in [0.15, 0.2) is 0 Å². The zero-order valence-electron chi connectivity index (χ0n) is 34.2. The molecule has 6 rings (SSSR count). The van der Waals surface area contributed by atoms with Gasteiger partial charge in [0.1, 0.15) is 23.3 Å². The van der Waals surface area contributed by atoms with Crippen LogP contribution in [-0.2, 0) is 26.2 Å². The van der Waals surface area contributed by atoms with Crippen LogP contribution in [0, 0.1) is 11.3 Å². The highest BCUT2D eigenvalue weighted by atomic mass is 31.2. The molecule has 59 heavy (non-hydrogen) atoms. The molecule has 2 heterocycles. The van der Waals surface area contributed by atoms with Crippen molar-refractivity contribution in [1.82, 2.24) is 14.2 Å². The van der Waals surface area contributed by atoms with Gasteiger partial charge >= 0.3 is 5.69 Å². The summed E-state index contributed by atoms with van der Waals surface area (Å²) < 4.78 is 26.9. The van der Waals surface area contributed by atoms with Crippen LogP contribution in [0.3, 0.4) is 0 Å². The number of ether oxygens (including phenoxy) is 3. The molecular weight excluding hydrogens is 771 g/mol. The maximum atomic E-state index is 12.3. The van der Waals surface area contributed by atoms with Crippen LogP contribution in [0.2, 0.25) is 0 Å². The number of methoxy groups -OCH3 is 1. The Morgan fingerprint density at radius 2 is 1.46 bits per heavy atom. The Kier molecular flexibility index (Phi) is 18.5. The van der Waals surface area contributed by atoms with Gasteiger partial charge in [0.05, 0.1) is 45.5 Å². The molecule has 0 aliphatic carbocycles. The summed E-state index contributed by atoms with van der Waals surface area (Å²) in [5.74, 6) is 0.887. The molecule has 1 aliphatic heterocycles. The Labute approximate surface area is 347 Å². The number of nitrogens with one attached hydrogen (secondary N) is 1. The number of phenols is 1. The third-order valence-corrected chi connectivity index (χ3v) is 11.1. The van der Waals surface area contributed by atoms with Crippen molar-refractivity contribution in [1.29, 1.82) is 5.26 Å². The number of hydrogen-bond acceptors (Lipinski definition) is 11. The van der Waals surface area contributed by atoms with E-state index >= 15 is 0 Å². The summed E-state index contributed by atoms with van der Waals surface area (Å²) in [6, 6.07) is 37.9. The Morgan fingerprint density at radius 3 is 1.98 bits per heavy atom. The normalized spacial score (nSPS) is 16.3. The van der Waals surface area contributed by atoms with Gasteiger partial charge in [-0.3, -0.25) is 14.3 Å². The monoisotopic (exact) mass is 826 g/mol. The first-order valence-corrected chi connectivity index (χ1v) is 20.6. The molecule has 2 unspecified atom stereocenters. The summed E-state index contributed by atoms with van der Waals surface area (Å²) in [5, 5.41) is 26.8. The maximum Gasteiger partial charge on any atom is 0.330 e. The number of aliphatic hydroxyl groups is 1. The highest BCUT2D eigenvalue weighted by Crippen LogP contribution is 2.43. The minimum atomic E-state index is -1.55. The molecule has 1 aliphatic rings. The fourth-order valence-electron chi connectivity index (χ4n) is 6.65. The standard InChI is InChI=1S/C29H28N2O6.C9H19N2O2P.C7H8O/c1-35-24-13-9-22(10-14-24)29(20-5-3-2-4-6-20,21-7-11-23(32)12-8-21)36-19-25-15-16-27(37-25)31-18-17-26(33)30-28(31)34;1-8(2)11(9(3)4)14(12)13-7-5-6-10;8-6-7-4-2-1-3-5-7/h2-14,17-18,25,27,32H,15-16,19H2,1H3,(H,30,33,34);8-9,12H,5,7H2,1-4H3;1-5,8H,6H2/t25-,27+,29?;;/m0../s1. The predicted octanol–water partition coefficient (Wildman–Crippen LogP) is 7.37. The SMILES string of the molecule is CC(C)N(C(C)C)P(O)OCCC#N.COc1ccc(C(OC[C@@H]2CC[C@H](n3ccc(=O)[nH]c3=O)O2)(c2ccccc2)c2ccc(O)cc2)cc1.OCc1ccccc1. The largest absolute Gasteiger partial charge is 0.508 e. The third kappa shape index (κ3) is 13.2. The van der Waals surface area contributed by atoms with E-state index in [1.54, 1.807) is 19.2 Å². The lowest BCUT2D eigenvalue weighted by Gasteiger charge is -2.37. The number of nitrogens with zero attached hydrogens (tertiary/aromatic N) is 3. The number of aromatic nitrogens is 2. The van der Waals surface area contributed by atoms with Crippen LogP contribution in [0.4, 0.5) is 0 Å². The van der Waals surface area contributed by atoms with Crippen LogP contribution in [0.25, 0.3) is 0 Å². The lowest BCUT2D eigenvalue weighted by Crippen LogP contribution is -2.36. The Bertz CT molecular complexity index is 2120. The molecule has 0 radical (unpaired) electrons. The third-order valence-electron chi connectivity index (χ3n) is 9.38. The van der Waals surface area contributed by atoms with E-state index in [0.717, 1.165) is 28.0 Å². The van der Waals surface area contributed by atoms with Crippen molar-refractivity contribution in [2.24, 2.45) is 0 Å². The van der Waals surface area contributed by atoms with Gasteiger partial charge in [-0.1, -0.05) is 84.9 Å². The van der Waals surface area contributed by atoms with Crippen LogP contribution >= 0.6 is 8.53 Å². The molecule has 4 aromatic carbocycles. The highest BCUT2D eigenvalue weighted by molar-refractivity contribution is 7.43. The Balaban J connectivity index is 0.000000286. The molecule has 5 aromatic rings. The second kappa shape index (κ2) is 23.4. The van der Waals surface area contributed by atoms with Gasteiger partial charge in [-0.05, 0) is 87.1 Å². The molecule has 314 valence electrons. The first-order chi connectivity index (χ1) is 28.4. The van der Waals surface area contributed by atoms with Crippen molar-refractivity contribution in [2.45, 2.75) is 83.6 Å². The number of H-pyrrole nitrogens is 1. The van der Waals surface area contributed by atoms with E-state index < -0.39 is 31.6 Å². The van der Waals surface area contributed by atoms with Gasteiger partial charge in [-0.15, -0.1) is 0 Å². The minimum absolute atomic E-state index is 0.140. The zero-order chi connectivity index (χ0) is 42.8. The van der Waals surface area contributed by atoms with Gasteiger partial charge < -0.3 is 33.8 Å². The zero-order valence-corrected chi connectivity index (χ0v) is 35.1. The average Bonchev–Trinajstić information content (AvgIpc) is 3.71. The van der Waals surface area contributed by atoms with E-state index in [9.17, 15) is 19.6 Å². The van der Waals surface area contributed by atoms with Gasteiger partial charge in [-0.2, -0.15) is 5.26 Å². The first kappa shape index (κ1) is 46.5. The van der Waals surface area contributed by atoms with E-state index in [1.807, 2.05) is 135 Å². The summed E-state index contributed by atoms with van der Waals surface area (Å²) in [6.45, 7) is 8.74. The van der Waals surface area contributed by atoms with Crippen molar-refractivity contribution in [3.8, 4) is 17.6 Å². The molecule has 1 fully saturated rings. The Morgan fingerprint density at radius 1 is 0.881 bits per heavy atom. The van der Waals surface area contributed by atoms with E-state index in [0.29, 0.717) is 25.9 Å². The summed E-state index contributed by atoms with van der Waals surface area (Å²) in [4.78, 5) is 35.7. The average molecular weight is 827 g/mol. The molecule has 4 atom stereocenters. The van der Waals surface area contributed by atoms with Crippen LogP contribution in [-0.4, -0.2) is 67.8 Å². The van der Waals surface area contributed by atoms with Gasteiger partial charge in [-0.25, -0.2) is 9.46 Å². The minimum Gasteiger partial charge on any atom is -0.508 e. The number of nitriles is 1. The van der Waals surface area contributed by atoms with E-state index in [4.69, 9.17) is 29.1 Å².